The highest BCUT2D eigenvalue weighted by Gasteiger charge is 2.23. The molecular weight excluding hydrogens is 400 g/mol. The SMILES string of the molecule is Sc1ccc(CN2CCN(c3cccc4c3OCCO4)CC2)cc1Br. The van der Waals surface area contributed by atoms with Crippen LogP contribution in [0, 0.1) is 0 Å². The molecule has 2 aliphatic heterocycles. The van der Waals surface area contributed by atoms with E-state index in [1.54, 1.807) is 0 Å². The Morgan fingerprint density at radius 1 is 1.00 bits per heavy atom. The van der Waals surface area contributed by atoms with E-state index in [0.717, 1.165) is 59.3 Å². The number of benzene rings is 2. The highest BCUT2D eigenvalue weighted by molar-refractivity contribution is 9.10. The van der Waals surface area contributed by atoms with Crippen LogP contribution in [0.4, 0.5) is 5.69 Å². The smallest absolute Gasteiger partial charge is 0.184 e. The number of hydrogen-bond acceptors (Lipinski definition) is 5. The first-order chi connectivity index (χ1) is 12.2. The van der Waals surface area contributed by atoms with Gasteiger partial charge in [0, 0.05) is 42.1 Å². The van der Waals surface area contributed by atoms with Gasteiger partial charge in [0.2, 0.25) is 0 Å². The fraction of sp³-hybridized carbons (Fsp3) is 0.368. The summed E-state index contributed by atoms with van der Waals surface area (Å²) in [7, 11) is 0. The number of fused-ring (bicyclic) bond motifs is 1. The highest BCUT2D eigenvalue weighted by Crippen LogP contribution is 2.39. The Bertz CT molecular complexity index is 763. The molecule has 0 saturated carbocycles. The van der Waals surface area contributed by atoms with Crippen molar-refractivity contribution < 1.29 is 9.47 Å². The molecule has 1 saturated heterocycles. The summed E-state index contributed by atoms with van der Waals surface area (Å²) in [5, 5.41) is 0. The second-order valence-electron chi connectivity index (χ2n) is 6.35. The zero-order chi connectivity index (χ0) is 17.2. The minimum atomic E-state index is 0.625. The number of para-hydroxylation sites is 1. The van der Waals surface area contributed by atoms with E-state index in [1.807, 2.05) is 18.2 Å². The van der Waals surface area contributed by atoms with E-state index >= 15 is 0 Å². The van der Waals surface area contributed by atoms with E-state index in [-0.39, 0.29) is 0 Å². The average molecular weight is 421 g/mol. The van der Waals surface area contributed by atoms with Crippen LogP contribution in [0.1, 0.15) is 5.56 Å². The summed E-state index contributed by atoms with van der Waals surface area (Å²) in [5.41, 5.74) is 2.46. The predicted molar refractivity (Wildman–Crippen MR) is 106 cm³/mol. The number of anilines is 1. The molecule has 0 atom stereocenters. The van der Waals surface area contributed by atoms with Crippen molar-refractivity contribution in [2.75, 3.05) is 44.3 Å². The van der Waals surface area contributed by atoms with Gasteiger partial charge in [-0.1, -0.05) is 12.1 Å². The van der Waals surface area contributed by atoms with Crippen LogP contribution in [0.2, 0.25) is 0 Å². The van der Waals surface area contributed by atoms with Crippen LogP contribution in [-0.4, -0.2) is 44.3 Å². The van der Waals surface area contributed by atoms with E-state index < -0.39 is 0 Å². The third-order valence-corrected chi connectivity index (χ3v) is 6.03. The quantitative estimate of drug-likeness (QED) is 0.762. The van der Waals surface area contributed by atoms with E-state index in [9.17, 15) is 0 Å². The highest BCUT2D eigenvalue weighted by atomic mass is 79.9. The lowest BCUT2D eigenvalue weighted by Crippen LogP contribution is -2.46. The van der Waals surface area contributed by atoms with Crippen LogP contribution < -0.4 is 14.4 Å². The number of rotatable bonds is 3. The molecule has 0 bridgehead atoms. The monoisotopic (exact) mass is 420 g/mol. The molecule has 132 valence electrons. The first-order valence-electron chi connectivity index (χ1n) is 8.54. The number of halogens is 1. The maximum atomic E-state index is 5.86. The molecule has 0 N–H and O–H groups in total. The maximum Gasteiger partial charge on any atom is 0.184 e. The third-order valence-electron chi connectivity index (χ3n) is 4.68. The molecule has 2 aliphatic rings. The van der Waals surface area contributed by atoms with Crippen molar-refractivity contribution in [2.45, 2.75) is 11.4 Å². The Hall–Kier alpha value is -1.37. The van der Waals surface area contributed by atoms with E-state index in [0.29, 0.717) is 13.2 Å². The van der Waals surface area contributed by atoms with Crippen LogP contribution in [-0.2, 0) is 6.54 Å². The van der Waals surface area contributed by atoms with Crippen molar-refractivity contribution in [1.29, 1.82) is 0 Å². The van der Waals surface area contributed by atoms with Gasteiger partial charge < -0.3 is 14.4 Å². The molecule has 4 nitrogen and oxygen atoms in total. The lowest BCUT2D eigenvalue weighted by molar-refractivity contribution is 0.171. The van der Waals surface area contributed by atoms with Crippen molar-refractivity contribution in [3.63, 3.8) is 0 Å². The third kappa shape index (κ3) is 3.76. The van der Waals surface area contributed by atoms with Gasteiger partial charge in [-0.25, -0.2) is 0 Å². The summed E-state index contributed by atoms with van der Waals surface area (Å²) < 4.78 is 12.6. The molecule has 6 heteroatoms. The molecule has 1 fully saturated rings. The van der Waals surface area contributed by atoms with Crippen molar-refractivity contribution in [2.24, 2.45) is 0 Å². The number of ether oxygens (including phenoxy) is 2. The first kappa shape index (κ1) is 17.1. The lowest BCUT2D eigenvalue weighted by Gasteiger charge is -2.37. The van der Waals surface area contributed by atoms with Gasteiger partial charge in [0.1, 0.15) is 13.2 Å². The zero-order valence-corrected chi connectivity index (χ0v) is 16.4. The molecular formula is C19H21BrN2O2S. The fourth-order valence-corrected chi connectivity index (χ4v) is 3.93. The Labute approximate surface area is 162 Å². The standard InChI is InChI=1S/C19H21BrN2O2S/c20-15-12-14(4-5-18(15)25)13-21-6-8-22(9-7-21)16-2-1-3-17-19(16)24-11-10-23-17/h1-5,12,25H,6-11,13H2. The topological polar surface area (TPSA) is 24.9 Å². The van der Waals surface area contributed by atoms with E-state index in [4.69, 9.17) is 9.47 Å². The summed E-state index contributed by atoms with van der Waals surface area (Å²) in [6, 6.07) is 12.5. The molecule has 0 unspecified atom stereocenters. The molecule has 0 aliphatic carbocycles. The van der Waals surface area contributed by atoms with Crippen LogP contribution in [0.15, 0.2) is 45.8 Å². The average Bonchev–Trinajstić information content (AvgIpc) is 2.65. The van der Waals surface area contributed by atoms with Crippen molar-refractivity contribution in [3.8, 4) is 11.5 Å². The molecule has 2 aromatic carbocycles. The summed E-state index contributed by atoms with van der Waals surface area (Å²) in [5.74, 6) is 1.76. The second-order valence-corrected chi connectivity index (χ2v) is 7.69. The summed E-state index contributed by atoms with van der Waals surface area (Å²) in [6.07, 6.45) is 0. The predicted octanol–water partition coefficient (Wildman–Crippen LogP) is 3.83. The van der Waals surface area contributed by atoms with Gasteiger partial charge in [0.05, 0.1) is 5.69 Å². The zero-order valence-electron chi connectivity index (χ0n) is 13.9. The normalized spacial score (nSPS) is 17.6. The number of nitrogens with zero attached hydrogens (tertiary/aromatic N) is 2. The Kier molecular flexibility index (Phi) is 5.10. The van der Waals surface area contributed by atoms with Gasteiger partial charge in [-0.3, -0.25) is 4.90 Å². The first-order valence-corrected chi connectivity index (χ1v) is 9.78. The van der Waals surface area contributed by atoms with Gasteiger partial charge in [-0.2, -0.15) is 0 Å². The Balaban J connectivity index is 1.41. The molecule has 2 heterocycles. The van der Waals surface area contributed by atoms with Crippen LogP contribution >= 0.6 is 28.6 Å². The van der Waals surface area contributed by atoms with Gasteiger partial charge >= 0.3 is 0 Å². The summed E-state index contributed by atoms with van der Waals surface area (Å²) in [6.45, 7) is 6.27. The van der Waals surface area contributed by atoms with Crippen LogP contribution in [0.25, 0.3) is 0 Å². The Morgan fingerprint density at radius 2 is 1.80 bits per heavy atom. The van der Waals surface area contributed by atoms with Crippen molar-refractivity contribution in [1.82, 2.24) is 4.90 Å². The van der Waals surface area contributed by atoms with Crippen LogP contribution in [0.5, 0.6) is 11.5 Å². The Morgan fingerprint density at radius 3 is 2.60 bits per heavy atom. The van der Waals surface area contributed by atoms with E-state index in [1.165, 1.54) is 5.56 Å². The molecule has 0 radical (unpaired) electrons. The minimum Gasteiger partial charge on any atom is -0.486 e. The molecule has 25 heavy (non-hydrogen) atoms. The number of piperazine rings is 1. The van der Waals surface area contributed by atoms with Crippen LogP contribution in [0.3, 0.4) is 0 Å². The molecule has 0 aromatic heterocycles. The number of hydrogen-bond donors (Lipinski definition) is 1. The molecule has 0 amide bonds. The maximum absolute atomic E-state index is 5.86. The summed E-state index contributed by atoms with van der Waals surface area (Å²) in [4.78, 5) is 5.87. The van der Waals surface area contributed by atoms with Crippen molar-refractivity contribution in [3.05, 3.63) is 46.4 Å². The number of thiol groups is 1. The molecule has 4 rings (SSSR count). The largest absolute Gasteiger partial charge is 0.486 e. The summed E-state index contributed by atoms with van der Waals surface area (Å²) >= 11 is 7.97. The van der Waals surface area contributed by atoms with E-state index in [2.05, 4.69) is 56.6 Å². The lowest BCUT2D eigenvalue weighted by atomic mass is 10.1. The minimum absolute atomic E-state index is 0.625. The molecule has 0 spiro atoms. The van der Waals surface area contributed by atoms with Gasteiger partial charge in [0.25, 0.3) is 0 Å². The van der Waals surface area contributed by atoms with Gasteiger partial charge in [-0.15, -0.1) is 12.6 Å². The molecule has 2 aromatic rings. The second kappa shape index (κ2) is 7.48. The fourth-order valence-electron chi connectivity index (χ4n) is 3.36. The van der Waals surface area contributed by atoms with Gasteiger partial charge in [0.15, 0.2) is 11.5 Å². The van der Waals surface area contributed by atoms with Gasteiger partial charge in [-0.05, 0) is 45.8 Å². The van der Waals surface area contributed by atoms with Crippen molar-refractivity contribution >= 4 is 34.2 Å².